The van der Waals surface area contributed by atoms with Crippen LogP contribution >= 0.6 is 0 Å². The second kappa shape index (κ2) is 13.7. The van der Waals surface area contributed by atoms with E-state index in [1.54, 1.807) is 61.5 Å². The zero-order valence-corrected chi connectivity index (χ0v) is 20.9. The van der Waals surface area contributed by atoms with Gasteiger partial charge in [0.15, 0.2) is 0 Å². The zero-order valence-electron chi connectivity index (χ0n) is 20.1. The van der Waals surface area contributed by atoms with Crippen LogP contribution in [-0.2, 0) is 14.8 Å². The van der Waals surface area contributed by atoms with E-state index in [0.29, 0.717) is 31.9 Å². The Bertz CT molecular complexity index is 989. The van der Waals surface area contributed by atoms with Gasteiger partial charge in [-0.25, -0.2) is 8.42 Å². The lowest BCUT2D eigenvalue weighted by molar-refractivity contribution is -0.121. The minimum Gasteiger partial charge on any atom is -0.366 e. The van der Waals surface area contributed by atoms with Crippen LogP contribution in [0.5, 0.6) is 0 Å². The third kappa shape index (κ3) is 7.38. The first kappa shape index (κ1) is 28.3. The van der Waals surface area contributed by atoms with Gasteiger partial charge < -0.3 is 11.1 Å². The number of piperazine rings is 1. The maximum Gasteiger partial charge on any atom is 0.250 e. The first-order chi connectivity index (χ1) is 15.8. The average Bonchev–Trinajstić information content (AvgIpc) is 2.86. The third-order valence-corrected chi connectivity index (χ3v) is 6.94. The first-order valence-electron chi connectivity index (χ1n) is 11.3. The number of para-hydroxylation sites is 1. The Labute approximate surface area is 197 Å². The number of hydrogen-bond donors (Lipinski definition) is 2. The summed E-state index contributed by atoms with van der Waals surface area (Å²) in [6.07, 6.45) is 0. The molecule has 0 radical (unpaired) electrons. The molecule has 1 aliphatic rings. The Hall–Kier alpha value is -2.75. The number of amides is 2. The van der Waals surface area contributed by atoms with E-state index in [9.17, 15) is 18.0 Å². The molecule has 2 aromatic carbocycles. The lowest BCUT2D eigenvalue weighted by Gasteiger charge is -2.36. The number of anilines is 1. The normalized spacial score (nSPS) is 15.2. The molecule has 1 unspecified atom stereocenters. The van der Waals surface area contributed by atoms with Crippen molar-refractivity contribution in [2.45, 2.75) is 45.6 Å². The minimum atomic E-state index is -3.54. The molecule has 33 heavy (non-hydrogen) atoms. The SMILES string of the molecule is CC.CC.CC(C(=O)Nc1ccccc1C(N)=O)N1CCN(S(=O)(=O)c2ccccc2)CC1. The van der Waals surface area contributed by atoms with Gasteiger partial charge in [0.2, 0.25) is 15.9 Å². The number of nitrogens with two attached hydrogens (primary N) is 1. The van der Waals surface area contributed by atoms with Crippen LogP contribution in [0.3, 0.4) is 0 Å². The Morgan fingerprint density at radius 1 is 0.879 bits per heavy atom. The lowest BCUT2D eigenvalue weighted by Crippen LogP contribution is -2.53. The Morgan fingerprint density at radius 3 is 1.94 bits per heavy atom. The highest BCUT2D eigenvalue weighted by atomic mass is 32.2. The predicted molar refractivity (Wildman–Crippen MR) is 133 cm³/mol. The summed E-state index contributed by atoms with van der Waals surface area (Å²) in [6, 6.07) is 14.4. The number of primary amides is 1. The number of hydrogen-bond acceptors (Lipinski definition) is 5. The van der Waals surface area contributed by atoms with Gasteiger partial charge in [0.05, 0.1) is 22.2 Å². The molecule has 0 aromatic heterocycles. The number of carbonyl (C=O) groups is 2. The van der Waals surface area contributed by atoms with E-state index in [1.807, 2.05) is 32.6 Å². The summed E-state index contributed by atoms with van der Waals surface area (Å²) in [7, 11) is -3.54. The number of carbonyl (C=O) groups excluding carboxylic acids is 2. The first-order valence-corrected chi connectivity index (χ1v) is 12.7. The summed E-state index contributed by atoms with van der Waals surface area (Å²) >= 11 is 0. The van der Waals surface area contributed by atoms with Gasteiger partial charge in [-0.3, -0.25) is 14.5 Å². The Morgan fingerprint density at radius 2 is 1.39 bits per heavy atom. The summed E-state index contributed by atoms with van der Waals surface area (Å²) in [4.78, 5) is 26.4. The fourth-order valence-electron chi connectivity index (χ4n) is 3.28. The van der Waals surface area contributed by atoms with Crippen LogP contribution in [0.15, 0.2) is 59.5 Å². The van der Waals surface area contributed by atoms with E-state index in [2.05, 4.69) is 5.32 Å². The van der Waals surface area contributed by atoms with Crippen LogP contribution in [0.25, 0.3) is 0 Å². The van der Waals surface area contributed by atoms with E-state index < -0.39 is 22.0 Å². The van der Waals surface area contributed by atoms with Gasteiger partial charge in [0.1, 0.15) is 0 Å². The molecule has 2 amide bonds. The molecule has 2 aromatic rings. The van der Waals surface area contributed by atoms with Crippen molar-refractivity contribution in [3.63, 3.8) is 0 Å². The standard InChI is InChI=1S/C20H24N4O4S.2C2H6/c1-15(20(26)22-18-10-6-5-9-17(18)19(21)25)23-11-13-24(14-12-23)29(27,28)16-7-3-2-4-8-16;2*1-2/h2-10,15H,11-14H2,1H3,(H2,21,25)(H,22,26);2*1-2H3. The second-order valence-corrected chi connectivity index (χ2v) is 8.77. The number of nitrogens with zero attached hydrogens (tertiary/aromatic N) is 2. The molecule has 1 atom stereocenters. The molecule has 3 rings (SSSR count). The van der Waals surface area contributed by atoms with E-state index in [-0.39, 0.29) is 16.4 Å². The van der Waals surface area contributed by atoms with Gasteiger partial charge in [-0.15, -0.1) is 0 Å². The van der Waals surface area contributed by atoms with Gasteiger partial charge in [-0.1, -0.05) is 58.0 Å². The molecule has 1 aliphatic heterocycles. The summed E-state index contributed by atoms with van der Waals surface area (Å²) in [5.41, 5.74) is 5.96. The molecule has 0 bridgehead atoms. The van der Waals surface area contributed by atoms with Gasteiger partial charge in [-0.2, -0.15) is 4.31 Å². The van der Waals surface area contributed by atoms with Gasteiger partial charge in [-0.05, 0) is 31.2 Å². The molecule has 1 saturated heterocycles. The zero-order chi connectivity index (χ0) is 25.0. The molecular formula is C24H36N4O4S. The molecule has 0 aliphatic carbocycles. The maximum absolute atomic E-state index is 12.7. The van der Waals surface area contributed by atoms with Crippen molar-refractivity contribution in [2.75, 3.05) is 31.5 Å². The van der Waals surface area contributed by atoms with Crippen molar-refractivity contribution in [1.29, 1.82) is 0 Å². The van der Waals surface area contributed by atoms with Crippen LogP contribution in [0, 0.1) is 0 Å². The van der Waals surface area contributed by atoms with Gasteiger partial charge in [0, 0.05) is 26.2 Å². The Kier molecular flexibility index (Phi) is 11.8. The highest BCUT2D eigenvalue weighted by Crippen LogP contribution is 2.19. The fraction of sp³-hybridized carbons (Fsp3) is 0.417. The molecule has 9 heteroatoms. The smallest absolute Gasteiger partial charge is 0.250 e. The largest absolute Gasteiger partial charge is 0.366 e. The number of rotatable bonds is 6. The van der Waals surface area contributed by atoms with Crippen LogP contribution < -0.4 is 11.1 Å². The Balaban J connectivity index is 0.00000129. The summed E-state index contributed by atoms with van der Waals surface area (Å²) in [6.45, 7) is 11.2. The summed E-state index contributed by atoms with van der Waals surface area (Å²) in [5.74, 6) is -0.897. The fourth-order valence-corrected chi connectivity index (χ4v) is 4.73. The predicted octanol–water partition coefficient (Wildman–Crippen LogP) is 3.17. The summed E-state index contributed by atoms with van der Waals surface area (Å²) in [5, 5.41) is 2.74. The second-order valence-electron chi connectivity index (χ2n) is 6.83. The molecule has 1 fully saturated rings. The monoisotopic (exact) mass is 476 g/mol. The van der Waals surface area contributed by atoms with Gasteiger partial charge in [0.25, 0.3) is 5.91 Å². The van der Waals surface area contributed by atoms with Crippen LogP contribution in [0.2, 0.25) is 0 Å². The van der Waals surface area contributed by atoms with Crippen molar-refractivity contribution in [3.05, 3.63) is 60.2 Å². The van der Waals surface area contributed by atoms with E-state index >= 15 is 0 Å². The highest BCUT2D eigenvalue weighted by Gasteiger charge is 2.31. The maximum atomic E-state index is 12.7. The summed E-state index contributed by atoms with van der Waals surface area (Å²) < 4.78 is 26.9. The van der Waals surface area contributed by atoms with Crippen molar-refractivity contribution < 1.29 is 18.0 Å². The molecule has 0 saturated carbocycles. The number of benzene rings is 2. The molecule has 1 heterocycles. The third-order valence-electron chi connectivity index (χ3n) is 5.03. The molecule has 0 spiro atoms. The lowest BCUT2D eigenvalue weighted by atomic mass is 10.1. The molecular weight excluding hydrogens is 440 g/mol. The number of sulfonamides is 1. The van der Waals surface area contributed by atoms with Crippen molar-refractivity contribution in [3.8, 4) is 0 Å². The highest BCUT2D eigenvalue weighted by molar-refractivity contribution is 7.89. The van der Waals surface area contributed by atoms with Crippen LogP contribution in [0.1, 0.15) is 45.0 Å². The minimum absolute atomic E-state index is 0.242. The van der Waals surface area contributed by atoms with Crippen LogP contribution in [0.4, 0.5) is 5.69 Å². The van der Waals surface area contributed by atoms with E-state index in [0.717, 1.165) is 0 Å². The van der Waals surface area contributed by atoms with Crippen molar-refractivity contribution in [2.24, 2.45) is 5.73 Å². The molecule has 8 nitrogen and oxygen atoms in total. The van der Waals surface area contributed by atoms with E-state index in [4.69, 9.17) is 5.73 Å². The number of nitrogens with one attached hydrogen (secondary N) is 1. The molecule has 3 N–H and O–H groups in total. The molecule has 182 valence electrons. The topological polar surface area (TPSA) is 113 Å². The van der Waals surface area contributed by atoms with Crippen molar-refractivity contribution in [1.82, 2.24) is 9.21 Å². The van der Waals surface area contributed by atoms with Crippen LogP contribution in [-0.4, -0.2) is 61.7 Å². The quantitative estimate of drug-likeness (QED) is 0.665. The van der Waals surface area contributed by atoms with E-state index in [1.165, 1.54) is 4.31 Å². The average molecular weight is 477 g/mol. The van der Waals surface area contributed by atoms with Gasteiger partial charge >= 0.3 is 0 Å². The van der Waals surface area contributed by atoms with Crippen molar-refractivity contribution >= 4 is 27.5 Å².